The van der Waals surface area contributed by atoms with Crippen molar-refractivity contribution >= 4 is 47.0 Å². The molecule has 1 aromatic heterocycles. The lowest BCUT2D eigenvalue weighted by atomic mass is 9.99. The van der Waals surface area contributed by atoms with Gasteiger partial charge in [0, 0.05) is 37.7 Å². The first-order valence-electron chi connectivity index (χ1n) is 9.65. The Balaban J connectivity index is 0.00000320. The van der Waals surface area contributed by atoms with Gasteiger partial charge in [-0.25, -0.2) is 4.98 Å². The van der Waals surface area contributed by atoms with E-state index in [0.29, 0.717) is 17.5 Å². The van der Waals surface area contributed by atoms with Crippen LogP contribution in [0.5, 0.6) is 0 Å². The predicted octanol–water partition coefficient (Wildman–Crippen LogP) is 4.88. The van der Waals surface area contributed by atoms with Gasteiger partial charge in [0.1, 0.15) is 5.01 Å². The number of hydrogen-bond acceptors (Lipinski definition) is 4. The summed E-state index contributed by atoms with van der Waals surface area (Å²) < 4.78 is 37.9. The molecule has 2 aromatic rings. The minimum absolute atomic E-state index is 0. The van der Waals surface area contributed by atoms with Crippen molar-refractivity contribution in [1.82, 2.24) is 15.6 Å². The maximum Gasteiger partial charge on any atom is 0.434 e. The third-order valence-corrected chi connectivity index (χ3v) is 5.87. The first kappa shape index (κ1) is 24.7. The van der Waals surface area contributed by atoms with Gasteiger partial charge in [-0.05, 0) is 36.5 Å². The second kappa shape index (κ2) is 11.2. The average Bonchev–Trinajstić information content (AvgIpc) is 3.19. The van der Waals surface area contributed by atoms with E-state index in [1.165, 1.54) is 18.5 Å². The van der Waals surface area contributed by atoms with Crippen LogP contribution in [0.3, 0.4) is 0 Å². The van der Waals surface area contributed by atoms with Crippen molar-refractivity contribution in [3.05, 3.63) is 45.9 Å². The molecule has 1 fully saturated rings. The van der Waals surface area contributed by atoms with E-state index >= 15 is 0 Å². The smallest absolute Gasteiger partial charge is 0.372 e. The highest BCUT2D eigenvalue weighted by Crippen LogP contribution is 2.30. The first-order valence-corrected chi connectivity index (χ1v) is 10.5. The Morgan fingerprint density at radius 3 is 2.37 bits per heavy atom. The molecule has 2 N–H and O–H groups in total. The van der Waals surface area contributed by atoms with E-state index in [-0.39, 0.29) is 30.5 Å². The Hall–Kier alpha value is -1.56. The van der Waals surface area contributed by atoms with Crippen molar-refractivity contribution in [2.24, 2.45) is 10.9 Å². The molecule has 0 bridgehead atoms. The number of thiazole rings is 1. The van der Waals surface area contributed by atoms with Crippen molar-refractivity contribution in [2.45, 2.75) is 39.0 Å². The number of halogens is 4. The number of nitrogens with one attached hydrogen (secondary N) is 2. The fourth-order valence-corrected chi connectivity index (χ4v) is 3.92. The second-order valence-corrected chi connectivity index (χ2v) is 8.18. The van der Waals surface area contributed by atoms with Crippen molar-refractivity contribution < 1.29 is 13.2 Å². The summed E-state index contributed by atoms with van der Waals surface area (Å²) in [6.45, 7) is 5.26. The van der Waals surface area contributed by atoms with Crippen LogP contribution in [0.4, 0.5) is 18.9 Å². The van der Waals surface area contributed by atoms with Crippen LogP contribution < -0.4 is 15.5 Å². The largest absolute Gasteiger partial charge is 0.434 e. The van der Waals surface area contributed by atoms with Crippen LogP contribution in [0, 0.1) is 5.92 Å². The maximum atomic E-state index is 12.6. The number of nitrogens with zero attached hydrogens (tertiary/aromatic N) is 3. The Labute approximate surface area is 196 Å². The van der Waals surface area contributed by atoms with E-state index in [1.807, 2.05) is 0 Å². The van der Waals surface area contributed by atoms with Crippen LogP contribution in [-0.4, -0.2) is 31.1 Å². The molecule has 1 aliphatic heterocycles. The molecule has 0 unspecified atom stereocenters. The van der Waals surface area contributed by atoms with Crippen LogP contribution in [0.15, 0.2) is 34.6 Å². The molecule has 0 saturated carbocycles. The van der Waals surface area contributed by atoms with Gasteiger partial charge in [-0.3, -0.25) is 4.99 Å². The van der Waals surface area contributed by atoms with Gasteiger partial charge < -0.3 is 15.5 Å². The summed E-state index contributed by atoms with van der Waals surface area (Å²) in [6.07, 6.45) is -1.95. The molecule has 0 aliphatic carbocycles. The van der Waals surface area contributed by atoms with E-state index in [4.69, 9.17) is 0 Å². The van der Waals surface area contributed by atoms with Gasteiger partial charge in [0.25, 0.3) is 0 Å². The van der Waals surface area contributed by atoms with Gasteiger partial charge in [-0.1, -0.05) is 19.1 Å². The minimum atomic E-state index is -4.41. The number of aliphatic imine (C=N–C) groups is 1. The lowest BCUT2D eigenvalue weighted by Crippen LogP contribution is -2.36. The van der Waals surface area contributed by atoms with Crippen molar-refractivity contribution in [3.63, 3.8) is 0 Å². The third kappa shape index (κ3) is 7.00. The van der Waals surface area contributed by atoms with Gasteiger partial charge in [-0.15, -0.1) is 35.3 Å². The quantitative estimate of drug-likeness (QED) is 0.315. The molecular formula is C20H27F3IN5S. The van der Waals surface area contributed by atoms with Crippen molar-refractivity contribution in [3.8, 4) is 0 Å². The maximum absolute atomic E-state index is 12.6. The van der Waals surface area contributed by atoms with Crippen LogP contribution in [-0.2, 0) is 19.3 Å². The van der Waals surface area contributed by atoms with Gasteiger partial charge in [-0.2, -0.15) is 13.2 Å². The van der Waals surface area contributed by atoms with Crippen LogP contribution >= 0.6 is 35.3 Å². The molecule has 10 heteroatoms. The van der Waals surface area contributed by atoms with Gasteiger partial charge >= 0.3 is 6.18 Å². The summed E-state index contributed by atoms with van der Waals surface area (Å²) in [5.74, 6) is 1.32. The van der Waals surface area contributed by atoms with Crippen molar-refractivity contribution in [2.75, 3.05) is 25.0 Å². The summed E-state index contributed by atoms with van der Waals surface area (Å²) in [5.41, 5.74) is 1.49. The molecule has 1 aliphatic rings. The Kier molecular flexibility index (Phi) is 9.20. The lowest BCUT2D eigenvalue weighted by molar-refractivity contribution is -0.140. The van der Waals surface area contributed by atoms with Gasteiger partial charge in [0.05, 0.1) is 6.54 Å². The summed E-state index contributed by atoms with van der Waals surface area (Å²) in [4.78, 5) is 10.1. The Morgan fingerprint density at radius 2 is 1.80 bits per heavy atom. The second-order valence-electron chi connectivity index (χ2n) is 7.24. The zero-order valence-electron chi connectivity index (χ0n) is 17.0. The molecule has 30 heavy (non-hydrogen) atoms. The monoisotopic (exact) mass is 553 g/mol. The molecule has 0 atom stereocenters. The third-order valence-electron chi connectivity index (χ3n) is 5.02. The van der Waals surface area contributed by atoms with E-state index in [1.54, 1.807) is 7.05 Å². The minimum Gasteiger partial charge on any atom is -0.372 e. The topological polar surface area (TPSA) is 52.6 Å². The number of piperidine rings is 1. The molecule has 166 valence electrons. The number of alkyl halides is 3. The highest BCUT2D eigenvalue weighted by Gasteiger charge is 2.33. The van der Waals surface area contributed by atoms with E-state index in [9.17, 15) is 13.2 Å². The highest BCUT2D eigenvalue weighted by atomic mass is 127. The first-order chi connectivity index (χ1) is 13.8. The highest BCUT2D eigenvalue weighted by molar-refractivity contribution is 14.0. The van der Waals surface area contributed by atoms with E-state index in [0.717, 1.165) is 41.3 Å². The predicted molar refractivity (Wildman–Crippen MR) is 127 cm³/mol. The van der Waals surface area contributed by atoms with E-state index in [2.05, 4.69) is 56.7 Å². The molecule has 0 spiro atoms. The molecular weight excluding hydrogens is 526 g/mol. The summed E-state index contributed by atoms with van der Waals surface area (Å²) in [6, 6.07) is 8.45. The fraction of sp³-hybridized carbons (Fsp3) is 0.500. The zero-order chi connectivity index (χ0) is 20.9. The molecule has 1 aromatic carbocycles. The standard InChI is InChI=1S/C20H26F3N5S.HI/c1-14-7-9-28(10-8-14)16-5-3-15(4-6-16)11-25-19(24-2)26-12-18-27-17(13-29-18)20(21,22)23;/h3-6,13-14H,7-12H2,1-2H3,(H2,24,25,26);1H. The van der Waals surface area contributed by atoms with E-state index < -0.39 is 11.9 Å². The number of benzene rings is 1. The molecule has 3 rings (SSSR count). The zero-order valence-corrected chi connectivity index (χ0v) is 20.1. The SMILES string of the molecule is CN=C(NCc1ccc(N2CCC(C)CC2)cc1)NCc1nc(C(F)(F)F)cs1.I. The summed E-state index contributed by atoms with van der Waals surface area (Å²) >= 11 is 0.977. The number of aromatic nitrogens is 1. The van der Waals surface area contributed by atoms with Crippen LogP contribution in [0.25, 0.3) is 0 Å². The van der Waals surface area contributed by atoms with Crippen molar-refractivity contribution in [1.29, 1.82) is 0 Å². The molecule has 0 amide bonds. The van der Waals surface area contributed by atoms with Crippen LogP contribution in [0.1, 0.15) is 36.0 Å². The number of rotatable bonds is 5. The van der Waals surface area contributed by atoms with Gasteiger partial charge in [0.15, 0.2) is 11.7 Å². The fourth-order valence-electron chi connectivity index (χ4n) is 3.18. The number of anilines is 1. The average molecular weight is 553 g/mol. The van der Waals surface area contributed by atoms with Gasteiger partial charge in [0.2, 0.25) is 0 Å². The summed E-state index contributed by atoms with van der Waals surface area (Å²) in [7, 11) is 1.62. The summed E-state index contributed by atoms with van der Waals surface area (Å²) in [5, 5.41) is 7.56. The lowest BCUT2D eigenvalue weighted by Gasteiger charge is -2.32. The molecule has 5 nitrogen and oxygen atoms in total. The number of hydrogen-bond donors (Lipinski definition) is 2. The van der Waals surface area contributed by atoms with Crippen LogP contribution in [0.2, 0.25) is 0 Å². The molecule has 1 saturated heterocycles. The number of guanidine groups is 1. The Morgan fingerprint density at radius 1 is 1.17 bits per heavy atom. The molecule has 0 radical (unpaired) electrons. The normalized spacial score (nSPS) is 15.6. The molecule has 2 heterocycles. The Bertz CT molecular complexity index is 815.